The van der Waals surface area contributed by atoms with Crippen LogP contribution in [-0.2, 0) is 12.8 Å². The van der Waals surface area contributed by atoms with Crippen molar-refractivity contribution >= 4 is 17.3 Å². The molecule has 7 heteroatoms. The zero-order valence-corrected chi connectivity index (χ0v) is 17.5. The number of hydrogen-bond acceptors (Lipinski definition) is 5. The van der Waals surface area contributed by atoms with Crippen molar-refractivity contribution in [3.05, 3.63) is 40.3 Å². The molecule has 1 N–H and O–H groups in total. The van der Waals surface area contributed by atoms with Gasteiger partial charge in [0.05, 0.1) is 18.7 Å². The van der Waals surface area contributed by atoms with Gasteiger partial charge in [-0.05, 0) is 37.6 Å². The molecule has 0 radical (unpaired) electrons. The second kappa shape index (κ2) is 11.4. The maximum atomic E-state index is 5.81. The van der Waals surface area contributed by atoms with Gasteiger partial charge in [0.15, 0.2) is 5.96 Å². The van der Waals surface area contributed by atoms with Crippen molar-refractivity contribution in [1.29, 1.82) is 0 Å². The normalized spacial score (nSPS) is 11.3. The van der Waals surface area contributed by atoms with Crippen LogP contribution in [0.2, 0.25) is 0 Å². The molecule has 0 atom stereocenters. The van der Waals surface area contributed by atoms with Crippen molar-refractivity contribution in [2.24, 2.45) is 4.99 Å². The van der Waals surface area contributed by atoms with Gasteiger partial charge in [-0.2, -0.15) is 0 Å². The molecule has 0 amide bonds. The maximum absolute atomic E-state index is 5.81. The van der Waals surface area contributed by atoms with Crippen molar-refractivity contribution in [1.82, 2.24) is 15.2 Å². The van der Waals surface area contributed by atoms with E-state index in [1.165, 1.54) is 4.88 Å². The summed E-state index contributed by atoms with van der Waals surface area (Å²) in [6, 6.07) is 7.62. The van der Waals surface area contributed by atoms with Gasteiger partial charge >= 0.3 is 0 Å². The molecule has 0 aliphatic rings. The standard InChI is InChI=1S/C20H30N4O2S/c1-5-18-15-23-19(27-18)11-12-22-20(21-6-2)24(3)13-14-26-17-9-7-16(25-4)8-10-17/h7-10,15H,5-6,11-14H2,1-4H3,(H,21,22). The summed E-state index contributed by atoms with van der Waals surface area (Å²) in [4.78, 5) is 12.6. The minimum absolute atomic E-state index is 0.583. The van der Waals surface area contributed by atoms with Gasteiger partial charge in [0.25, 0.3) is 0 Å². The zero-order valence-electron chi connectivity index (χ0n) is 16.7. The minimum atomic E-state index is 0.583. The molecule has 1 aromatic carbocycles. The summed E-state index contributed by atoms with van der Waals surface area (Å²) in [5.74, 6) is 2.55. The molecular weight excluding hydrogens is 360 g/mol. The van der Waals surface area contributed by atoms with Crippen molar-refractivity contribution in [3.63, 3.8) is 0 Å². The summed E-state index contributed by atoms with van der Waals surface area (Å²) >= 11 is 1.78. The van der Waals surface area contributed by atoms with E-state index in [1.54, 1.807) is 18.4 Å². The van der Waals surface area contributed by atoms with Gasteiger partial charge in [0.2, 0.25) is 0 Å². The van der Waals surface area contributed by atoms with E-state index in [0.29, 0.717) is 6.61 Å². The third-order valence-electron chi connectivity index (χ3n) is 3.99. The van der Waals surface area contributed by atoms with E-state index in [2.05, 4.69) is 29.0 Å². The average molecular weight is 391 g/mol. The topological polar surface area (TPSA) is 59.0 Å². The Morgan fingerprint density at radius 3 is 2.59 bits per heavy atom. The van der Waals surface area contributed by atoms with Gasteiger partial charge < -0.3 is 19.7 Å². The molecule has 0 aliphatic heterocycles. The quantitative estimate of drug-likeness (QED) is 0.499. The molecular formula is C20H30N4O2S. The van der Waals surface area contributed by atoms with Crippen LogP contribution in [0.4, 0.5) is 0 Å². The Hall–Kier alpha value is -2.28. The predicted molar refractivity (Wildman–Crippen MR) is 112 cm³/mol. The van der Waals surface area contributed by atoms with E-state index in [9.17, 15) is 0 Å². The van der Waals surface area contributed by atoms with Crippen LogP contribution < -0.4 is 14.8 Å². The third-order valence-corrected chi connectivity index (χ3v) is 5.19. The number of nitrogens with one attached hydrogen (secondary N) is 1. The smallest absolute Gasteiger partial charge is 0.193 e. The number of hydrogen-bond donors (Lipinski definition) is 1. The van der Waals surface area contributed by atoms with E-state index >= 15 is 0 Å². The molecule has 0 saturated carbocycles. The molecule has 0 saturated heterocycles. The molecule has 27 heavy (non-hydrogen) atoms. The fourth-order valence-electron chi connectivity index (χ4n) is 2.43. The summed E-state index contributed by atoms with van der Waals surface area (Å²) in [5, 5.41) is 4.49. The number of rotatable bonds is 10. The first-order valence-corrected chi connectivity index (χ1v) is 10.2. The number of ether oxygens (including phenoxy) is 2. The molecule has 1 heterocycles. The van der Waals surface area contributed by atoms with Crippen LogP contribution in [0, 0.1) is 0 Å². The Bertz CT molecular complexity index is 700. The largest absolute Gasteiger partial charge is 0.497 e. The fourth-order valence-corrected chi connectivity index (χ4v) is 3.28. The predicted octanol–water partition coefficient (Wildman–Crippen LogP) is 3.23. The lowest BCUT2D eigenvalue weighted by Crippen LogP contribution is -2.41. The fraction of sp³-hybridized carbons (Fsp3) is 0.500. The number of aliphatic imine (C=N–C) groups is 1. The van der Waals surface area contributed by atoms with Crippen LogP contribution in [0.25, 0.3) is 0 Å². The molecule has 0 bridgehead atoms. The zero-order chi connectivity index (χ0) is 19.5. The lowest BCUT2D eigenvalue weighted by molar-refractivity contribution is 0.281. The minimum Gasteiger partial charge on any atom is -0.497 e. The van der Waals surface area contributed by atoms with Crippen molar-refractivity contribution in [2.75, 3.05) is 40.4 Å². The first-order valence-electron chi connectivity index (χ1n) is 9.36. The molecule has 148 valence electrons. The summed E-state index contributed by atoms with van der Waals surface area (Å²) in [6.07, 6.45) is 3.88. The highest BCUT2D eigenvalue weighted by Gasteiger charge is 2.07. The van der Waals surface area contributed by atoms with Crippen molar-refractivity contribution < 1.29 is 9.47 Å². The van der Waals surface area contributed by atoms with Gasteiger partial charge in [0, 0.05) is 37.6 Å². The highest BCUT2D eigenvalue weighted by Crippen LogP contribution is 2.17. The van der Waals surface area contributed by atoms with Crippen molar-refractivity contribution in [2.45, 2.75) is 26.7 Å². The van der Waals surface area contributed by atoms with Gasteiger partial charge in [-0.1, -0.05) is 6.92 Å². The van der Waals surface area contributed by atoms with Crippen molar-refractivity contribution in [3.8, 4) is 11.5 Å². The summed E-state index contributed by atoms with van der Waals surface area (Å²) in [6.45, 7) is 7.12. The van der Waals surface area contributed by atoms with Crippen LogP contribution in [0.1, 0.15) is 23.7 Å². The summed E-state index contributed by atoms with van der Waals surface area (Å²) in [7, 11) is 3.68. The first-order chi connectivity index (χ1) is 13.2. The molecule has 2 aromatic rings. The molecule has 6 nitrogen and oxygen atoms in total. The van der Waals surface area contributed by atoms with Gasteiger partial charge in [-0.3, -0.25) is 4.99 Å². The first kappa shape index (κ1) is 21.0. The maximum Gasteiger partial charge on any atom is 0.193 e. The van der Waals surface area contributed by atoms with Crippen LogP contribution in [0.15, 0.2) is 35.5 Å². The Labute approximate surface area is 166 Å². The van der Waals surface area contributed by atoms with Crippen LogP contribution >= 0.6 is 11.3 Å². The Morgan fingerprint density at radius 2 is 1.96 bits per heavy atom. The van der Waals surface area contributed by atoms with E-state index < -0.39 is 0 Å². The number of aromatic nitrogens is 1. The number of benzene rings is 1. The Morgan fingerprint density at radius 1 is 1.22 bits per heavy atom. The number of likely N-dealkylation sites (N-methyl/N-ethyl adjacent to an activating group) is 1. The van der Waals surface area contributed by atoms with Crippen LogP contribution in [-0.4, -0.2) is 56.2 Å². The Kier molecular flexibility index (Phi) is 8.91. The van der Waals surface area contributed by atoms with E-state index in [1.807, 2.05) is 37.5 Å². The summed E-state index contributed by atoms with van der Waals surface area (Å²) in [5.41, 5.74) is 0. The SMILES string of the molecule is CCNC(=NCCc1ncc(CC)s1)N(C)CCOc1ccc(OC)cc1. The number of thiazole rings is 1. The van der Waals surface area contributed by atoms with Gasteiger partial charge in [-0.25, -0.2) is 4.98 Å². The average Bonchev–Trinajstić information content (AvgIpc) is 3.16. The molecule has 0 aliphatic carbocycles. The highest BCUT2D eigenvalue weighted by atomic mass is 32.1. The van der Waals surface area contributed by atoms with E-state index in [0.717, 1.165) is 54.9 Å². The summed E-state index contributed by atoms with van der Waals surface area (Å²) < 4.78 is 11.0. The molecule has 2 rings (SSSR count). The Balaban J connectivity index is 1.80. The molecule has 0 fully saturated rings. The monoisotopic (exact) mass is 390 g/mol. The lowest BCUT2D eigenvalue weighted by Gasteiger charge is -2.22. The number of nitrogens with zero attached hydrogens (tertiary/aromatic N) is 3. The van der Waals surface area contributed by atoms with E-state index in [-0.39, 0.29) is 0 Å². The van der Waals surface area contributed by atoms with Gasteiger partial charge in [0.1, 0.15) is 18.1 Å². The molecule has 1 aromatic heterocycles. The van der Waals surface area contributed by atoms with Crippen LogP contribution in [0.3, 0.4) is 0 Å². The second-order valence-corrected chi connectivity index (χ2v) is 7.20. The van der Waals surface area contributed by atoms with Crippen LogP contribution in [0.5, 0.6) is 11.5 Å². The molecule has 0 spiro atoms. The number of aryl methyl sites for hydroxylation is 1. The second-order valence-electron chi connectivity index (χ2n) is 6.01. The third kappa shape index (κ3) is 7.09. The van der Waals surface area contributed by atoms with Gasteiger partial charge in [-0.15, -0.1) is 11.3 Å². The molecule has 0 unspecified atom stereocenters. The highest BCUT2D eigenvalue weighted by molar-refractivity contribution is 7.11. The number of methoxy groups -OCH3 is 1. The lowest BCUT2D eigenvalue weighted by atomic mass is 10.3. The van der Waals surface area contributed by atoms with E-state index in [4.69, 9.17) is 14.5 Å². The number of guanidine groups is 1.